The molecule has 5 heteroatoms. The molecule has 1 aromatic rings. The SMILES string of the molecule is CN(Cc1ccccc1Br)CC(O)CN1CCCC1=O. The molecule has 0 aromatic heterocycles. The minimum absolute atomic E-state index is 0.164. The van der Waals surface area contributed by atoms with E-state index in [1.807, 2.05) is 25.2 Å². The fourth-order valence-electron chi connectivity index (χ4n) is 2.55. The molecule has 1 aliphatic heterocycles. The fraction of sp³-hybridized carbons (Fsp3) is 0.533. The lowest BCUT2D eigenvalue weighted by molar-refractivity contribution is -0.129. The molecule has 0 radical (unpaired) electrons. The molecule has 1 unspecified atom stereocenters. The van der Waals surface area contributed by atoms with Crippen molar-refractivity contribution in [1.29, 1.82) is 0 Å². The van der Waals surface area contributed by atoms with E-state index in [9.17, 15) is 9.90 Å². The first kappa shape index (κ1) is 15.5. The summed E-state index contributed by atoms with van der Waals surface area (Å²) in [6.45, 7) is 2.56. The second-order valence-corrected chi connectivity index (χ2v) is 6.24. The van der Waals surface area contributed by atoms with Gasteiger partial charge in [0.15, 0.2) is 0 Å². The van der Waals surface area contributed by atoms with Gasteiger partial charge < -0.3 is 10.0 Å². The zero-order chi connectivity index (χ0) is 14.5. The smallest absolute Gasteiger partial charge is 0.222 e. The van der Waals surface area contributed by atoms with Gasteiger partial charge in [-0.3, -0.25) is 9.69 Å². The predicted molar refractivity (Wildman–Crippen MR) is 82.3 cm³/mol. The third-order valence-electron chi connectivity index (χ3n) is 3.52. The Morgan fingerprint density at radius 2 is 2.20 bits per heavy atom. The summed E-state index contributed by atoms with van der Waals surface area (Å²) in [5, 5.41) is 10.1. The van der Waals surface area contributed by atoms with Gasteiger partial charge in [-0.05, 0) is 25.1 Å². The van der Waals surface area contributed by atoms with Crippen LogP contribution in [0.5, 0.6) is 0 Å². The van der Waals surface area contributed by atoms with Crippen LogP contribution in [-0.2, 0) is 11.3 Å². The summed E-state index contributed by atoms with van der Waals surface area (Å²) < 4.78 is 1.08. The standard InChI is InChI=1S/C15H21BrN2O2/c1-17(9-12-5-2-3-6-14(12)16)10-13(19)11-18-8-4-7-15(18)20/h2-3,5-6,13,19H,4,7-11H2,1H3. The molecule has 1 fully saturated rings. The Morgan fingerprint density at radius 1 is 1.45 bits per heavy atom. The minimum Gasteiger partial charge on any atom is -0.390 e. The van der Waals surface area contributed by atoms with Gasteiger partial charge in [0, 0.05) is 37.1 Å². The highest BCUT2D eigenvalue weighted by atomic mass is 79.9. The number of β-amino-alcohol motifs (C(OH)–C–C–N with tert-alkyl or cyclic N) is 1. The summed E-state index contributed by atoms with van der Waals surface area (Å²) in [6.07, 6.45) is 1.04. The van der Waals surface area contributed by atoms with Crippen LogP contribution in [-0.4, -0.2) is 53.6 Å². The molecule has 1 aliphatic rings. The lowest BCUT2D eigenvalue weighted by atomic mass is 10.2. The van der Waals surface area contributed by atoms with Crippen molar-refractivity contribution in [3.63, 3.8) is 0 Å². The molecule has 0 spiro atoms. The summed E-state index contributed by atoms with van der Waals surface area (Å²) in [5.41, 5.74) is 1.19. The zero-order valence-corrected chi connectivity index (χ0v) is 13.3. The molecule has 1 saturated heterocycles. The van der Waals surface area contributed by atoms with Gasteiger partial charge in [0.2, 0.25) is 5.91 Å². The number of carbonyl (C=O) groups excluding carboxylic acids is 1. The van der Waals surface area contributed by atoms with Gasteiger partial charge in [-0.15, -0.1) is 0 Å². The number of rotatable bonds is 6. The number of likely N-dealkylation sites (tertiary alicyclic amines) is 1. The van der Waals surface area contributed by atoms with Gasteiger partial charge in [0.25, 0.3) is 0 Å². The molecule has 2 rings (SSSR count). The molecule has 20 heavy (non-hydrogen) atoms. The summed E-state index contributed by atoms with van der Waals surface area (Å²) >= 11 is 3.53. The van der Waals surface area contributed by atoms with Crippen molar-refractivity contribution in [3.8, 4) is 0 Å². The van der Waals surface area contributed by atoms with Crippen LogP contribution in [0.1, 0.15) is 18.4 Å². The normalized spacial score (nSPS) is 17.0. The third kappa shape index (κ3) is 4.30. The molecule has 0 bridgehead atoms. The second kappa shape index (κ2) is 7.20. The highest BCUT2D eigenvalue weighted by molar-refractivity contribution is 9.10. The number of amides is 1. The maximum atomic E-state index is 11.5. The van der Waals surface area contributed by atoms with E-state index in [1.165, 1.54) is 5.56 Å². The minimum atomic E-state index is -0.496. The topological polar surface area (TPSA) is 43.8 Å². The maximum absolute atomic E-state index is 11.5. The Bertz CT molecular complexity index is 467. The average molecular weight is 341 g/mol. The molecule has 1 atom stereocenters. The van der Waals surface area contributed by atoms with Gasteiger partial charge in [-0.2, -0.15) is 0 Å². The second-order valence-electron chi connectivity index (χ2n) is 5.39. The van der Waals surface area contributed by atoms with E-state index in [2.05, 4.69) is 26.9 Å². The number of aliphatic hydroxyl groups is 1. The molecule has 4 nitrogen and oxygen atoms in total. The summed E-state index contributed by atoms with van der Waals surface area (Å²) in [6, 6.07) is 8.08. The number of likely N-dealkylation sites (N-methyl/N-ethyl adjacent to an activating group) is 1. The Kier molecular flexibility index (Phi) is 5.57. The molecule has 0 aliphatic carbocycles. The van der Waals surface area contributed by atoms with Crippen molar-refractivity contribution in [3.05, 3.63) is 34.3 Å². The van der Waals surface area contributed by atoms with Crippen molar-refractivity contribution in [2.75, 3.05) is 26.7 Å². The van der Waals surface area contributed by atoms with Crippen molar-refractivity contribution in [2.45, 2.75) is 25.5 Å². The van der Waals surface area contributed by atoms with Crippen molar-refractivity contribution in [2.24, 2.45) is 0 Å². The number of aliphatic hydroxyl groups excluding tert-OH is 1. The summed E-state index contributed by atoms with van der Waals surface area (Å²) in [4.78, 5) is 15.4. The first-order valence-electron chi connectivity index (χ1n) is 6.94. The third-order valence-corrected chi connectivity index (χ3v) is 4.30. The summed E-state index contributed by atoms with van der Waals surface area (Å²) in [5.74, 6) is 0.164. The number of nitrogens with zero attached hydrogens (tertiary/aromatic N) is 2. The van der Waals surface area contributed by atoms with Gasteiger partial charge in [-0.1, -0.05) is 34.1 Å². The number of halogens is 1. The zero-order valence-electron chi connectivity index (χ0n) is 11.8. The van der Waals surface area contributed by atoms with Crippen LogP contribution in [0.4, 0.5) is 0 Å². The van der Waals surface area contributed by atoms with Crippen LogP contribution in [0.25, 0.3) is 0 Å². The van der Waals surface area contributed by atoms with Gasteiger partial charge in [0.1, 0.15) is 0 Å². The van der Waals surface area contributed by atoms with Crippen LogP contribution < -0.4 is 0 Å². The van der Waals surface area contributed by atoms with Crippen molar-refractivity contribution in [1.82, 2.24) is 9.80 Å². The molecule has 1 heterocycles. The number of hydrogen-bond acceptors (Lipinski definition) is 3. The van der Waals surface area contributed by atoms with Crippen molar-refractivity contribution >= 4 is 21.8 Å². The van der Waals surface area contributed by atoms with E-state index >= 15 is 0 Å². The quantitative estimate of drug-likeness (QED) is 0.859. The summed E-state index contributed by atoms with van der Waals surface area (Å²) in [7, 11) is 1.98. The molecule has 110 valence electrons. The van der Waals surface area contributed by atoms with Crippen LogP contribution in [0.15, 0.2) is 28.7 Å². The molecule has 1 amide bonds. The molecule has 0 saturated carbocycles. The number of benzene rings is 1. The van der Waals surface area contributed by atoms with Gasteiger partial charge >= 0.3 is 0 Å². The van der Waals surface area contributed by atoms with E-state index in [-0.39, 0.29) is 5.91 Å². The van der Waals surface area contributed by atoms with Crippen LogP contribution in [0.2, 0.25) is 0 Å². The van der Waals surface area contributed by atoms with Crippen molar-refractivity contribution < 1.29 is 9.90 Å². The van der Waals surface area contributed by atoms with Crippen LogP contribution in [0.3, 0.4) is 0 Å². The highest BCUT2D eigenvalue weighted by Gasteiger charge is 2.23. The molecule has 1 aromatic carbocycles. The number of carbonyl (C=O) groups is 1. The van der Waals surface area contributed by atoms with E-state index in [1.54, 1.807) is 4.90 Å². The van der Waals surface area contributed by atoms with E-state index in [0.29, 0.717) is 19.5 Å². The van der Waals surface area contributed by atoms with Crippen LogP contribution >= 0.6 is 15.9 Å². The first-order valence-corrected chi connectivity index (χ1v) is 7.73. The number of hydrogen-bond donors (Lipinski definition) is 1. The monoisotopic (exact) mass is 340 g/mol. The average Bonchev–Trinajstić information content (AvgIpc) is 2.77. The molecular formula is C15H21BrN2O2. The predicted octanol–water partition coefficient (Wildman–Crippen LogP) is 1.86. The maximum Gasteiger partial charge on any atom is 0.222 e. The van der Waals surface area contributed by atoms with E-state index in [4.69, 9.17) is 0 Å². The van der Waals surface area contributed by atoms with Gasteiger partial charge in [-0.25, -0.2) is 0 Å². The molecular weight excluding hydrogens is 320 g/mol. The fourth-order valence-corrected chi connectivity index (χ4v) is 2.96. The Labute approximate surface area is 128 Å². The van der Waals surface area contributed by atoms with E-state index < -0.39 is 6.10 Å². The van der Waals surface area contributed by atoms with Gasteiger partial charge in [0.05, 0.1) is 6.10 Å². The largest absolute Gasteiger partial charge is 0.390 e. The first-order chi connectivity index (χ1) is 9.56. The Hall–Kier alpha value is -0.910. The lowest BCUT2D eigenvalue weighted by Crippen LogP contribution is -2.39. The Balaban J connectivity index is 1.80. The highest BCUT2D eigenvalue weighted by Crippen LogP contribution is 2.17. The molecule has 1 N–H and O–H groups in total. The Morgan fingerprint density at radius 3 is 2.85 bits per heavy atom. The van der Waals surface area contributed by atoms with Crippen LogP contribution in [0, 0.1) is 0 Å². The lowest BCUT2D eigenvalue weighted by Gasteiger charge is -2.24. The van der Waals surface area contributed by atoms with E-state index in [0.717, 1.165) is 24.0 Å².